The van der Waals surface area contributed by atoms with Gasteiger partial charge in [-0.3, -0.25) is 0 Å². The molecule has 0 N–H and O–H groups in total. The monoisotopic (exact) mass is 226 g/mol. The first-order chi connectivity index (χ1) is 6.77. The minimum Gasteiger partial charge on any atom is -0.497 e. The van der Waals surface area contributed by atoms with E-state index in [0.717, 1.165) is 27.7 Å². The Bertz CT molecular complexity index is 293. The smallest absolute Gasteiger partial charge is 0.118 e. The highest BCUT2D eigenvalue weighted by molar-refractivity contribution is 8.23. The second-order valence-corrected chi connectivity index (χ2v) is 4.64. The van der Waals surface area contributed by atoms with Crippen molar-refractivity contribution < 1.29 is 4.74 Å². The molecule has 14 heavy (non-hydrogen) atoms. The number of benzene rings is 1. The van der Waals surface area contributed by atoms with Crippen molar-refractivity contribution in [3.8, 4) is 5.75 Å². The summed E-state index contributed by atoms with van der Waals surface area (Å²) >= 11 is 7.02. The molecule has 1 aromatic rings. The molecule has 0 radical (unpaired) electrons. The second kappa shape index (κ2) is 6.04. The van der Waals surface area contributed by atoms with E-state index in [-0.39, 0.29) is 0 Å². The largest absolute Gasteiger partial charge is 0.497 e. The molecule has 0 spiro atoms. The molecule has 0 bridgehead atoms. The maximum absolute atomic E-state index is 5.29. The number of rotatable bonds is 4. The summed E-state index contributed by atoms with van der Waals surface area (Å²) in [7, 11) is 1.67. The summed E-state index contributed by atoms with van der Waals surface area (Å²) in [6.07, 6.45) is 1.15. The number of hydrogen-bond acceptors (Lipinski definition) is 3. The minimum absolute atomic E-state index is 0.872. The molecule has 0 aromatic heterocycles. The molecule has 0 heterocycles. The van der Waals surface area contributed by atoms with Crippen molar-refractivity contribution in [1.82, 2.24) is 0 Å². The van der Waals surface area contributed by atoms with Crippen molar-refractivity contribution in [2.45, 2.75) is 13.3 Å². The van der Waals surface area contributed by atoms with Gasteiger partial charge in [0.25, 0.3) is 0 Å². The SMILES string of the molecule is CCCSC(=S)c1ccc(OC)cc1. The van der Waals surface area contributed by atoms with Gasteiger partial charge in [-0.15, -0.1) is 11.8 Å². The van der Waals surface area contributed by atoms with Crippen LogP contribution in [0.25, 0.3) is 0 Å². The Labute approximate surface area is 94.9 Å². The number of methoxy groups -OCH3 is 1. The molecule has 0 amide bonds. The summed E-state index contributed by atoms with van der Waals surface area (Å²) in [5, 5.41) is 0. The molecule has 0 saturated carbocycles. The molecular weight excluding hydrogens is 212 g/mol. The fraction of sp³-hybridized carbons (Fsp3) is 0.364. The van der Waals surface area contributed by atoms with Crippen molar-refractivity contribution in [1.29, 1.82) is 0 Å². The Morgan fingerprint density at radius 1 is 1.36 bits per heavy atom. The van der Waals surface area contributed by atoms with Crippen LogP contribution in [0.15, 0.2) is 24.3 Å². The van der Waals surface area contributed by atoms with Crippen LogP contribution in [-0.4, -0.2) is 17.1 Å². The van der Waals surface area contributed by atoms with Crippen LogP contribution in [0.5, 0.6) is 5.75 Å². The van der Waals surface area contributed by atoms with Crippen LogP contribution in [0, 0.1) is 0 Å². The lowest BCUT2D eigenvalue weighted by molar-refractivity contribution is 0.415. The minimum atomic E-state index is 0.872. The van der Waals surface area contributed by atoms with Crippen LogP contribution in [-0.2, 0) is 0 Å². The van der Waals surface area contributed by atoms with E-state index in [2.05, 4.69) is 6.92 Å². The number of thiocarbonyl (C=S) groups is 1. The van der Waals surface area contributed by atoms with Crippen LogP contribution in [0.3, 0.4) is 0 Å². The molecule has 0 aliphatic rings. The second-order valence-electron chi connectivity index (χ2n) is 2.86. The van der Waals surface area contributed by atoms with E-state index >= 15 is 0 Å². The Morgan fingerprint density at radius 3 is 2.50 bits per heavy atom. The van der Waals surface area contributed by atoms with Gasteiger partial charge in [0.1, 0.15) is 5.75 Å². The van der Waals surface area contributed by atoms with Crippen LogP contribution < -0.4 is 4.74 Å². The highest BCUT2D eigenvalue weighted by atomic mass is 32.2. The van der Waals surface area contributed by atoms with E-state index in [9.17, 15) is 0 Å². The van der Waals surface area contributed by atoms with Gasteiger partial charge in [-0.1, -0.05) is 19.1 Å². The van der Waals surface area contributed by atoms with Gasteiger partial charge in [0.2, 0.25) is 0 Å². The van der Waals surface area contributed by atoms with Gasteiger partial charge in [-0.05, 0) is 42.0 Å². The van der Waals surface area contributed by atoms with Gasteiger partial charge >= 0.3 is 0 Å². The Hall–Kier alpha value is -0.540. The maximum atomic E-state index is 5.29. The van der Waals surface area contributed by atoms with Gasteiger partial charge < -0.3 is 4.74 Å². The van der Waals surface area contributed by atoms with Crippen LogP contribution >= 0.6 is 24.0 Å². The molecule has 1 rings (SSSR count). The highest BCUT2D eigenvalue weighted by Crippen LogP contribution is 2.18. The zero-order chi connectivity index (χ0) is 10.4. The zero-order valence-corrected chi connectivity index (χ0v) is 10.1. The molecule has 1 nitrogen and oxygen atoms in total. The topological polar surface area (TPSA) is 9.23 Å². The van der Waals surface area contributed by atoms with Gasteiger partial charge in [0.05, 0.1) is 11.3 Å². The first kappa shape index (κ1) is 11.5. The average Bonchev–Trinajstić information content (AvgIpc) is 2.26. The molecule has 0 atom stereocenters. The zero-order valence-electron chi connectivity index (χ0n) is 8.45. The van der Waals surface area contributed by atoms with Crippen molar-refractivity contribution in [2.24, 2.45) is 0 Å². The van der Waals surface area contributed by atoms with E-state index in [1.807, 2.05) is 24.3 Å². The summed E-state index contributed by atoms with van der Waals surface area (Å²) in [5.41, 5.74) is 1.11. The fourth-order valence-corrected chi connectivity index (χ4v) is 2.08. The van der Waals surface area contributed by atoms with E-state index in [1.54, 1.807) is 18.9 Å². The summed E-state index contributed by atoms with van der Waals surface area (Å²) in [4.78, 5) is 0. The maximum Gasteiger partial charge on any atom is 0.118 e. The van der Waals surface area contributed by atoms with Gasteiger partial charge in [-0.2, -0.15) is 0 Å². The Morgan fingerprint density at radius 2 is 2.00 bits per heavy atom. The quantitative estimate of drug-likeness (QED) is 0.727. The predicted molar refractivity (Wildman–Crippen MR) is 67.4 cm³/mol. The number of thioether (sulfide) groups is 1. The van der Waals surface area contributed by atoms with Gasteiger partial charge in [0, 0.05) is 0 Å². The molecule has 76 valence electrons. The van der Waals surface area contributed by atoms with E-state index in [1.165, 1.54) is 0 Å². The third kappa shape index (κ3) is 3.31. The lowest BCUT2D eigenvalue weighted by Crippen LogP contribution is -1.93. The van der Waals surface area contributed by atoms with Crippen molar-refractivity contribution in [2.75, 3.05) is 12.9 Å². The summed E-state index contributed by atoms with van der Waals surface area (Å²) in [6.45, 7) is 2.16. The standard InChI is InChI=1S/C11H14OS2/c1-3-8-14-11(13)9-4-6-10(12-2)7-5-9/h4-7H,3,8H2,1-2H3. The lowest BCUT2D eigenvalue weighted by Gasteiger charge is -2.04. The molecule has 0 saturated heterocycles. The first-order valence-corrected chi connectivity index (χ1v) is 5.98. The van der Waals surface area contributed by atoms with Crippen molar-refractivity contribution >= 4 is 28.2 Å². The molecule has 0 unspecified atom stereocenters. The van der Waals surface area contributed by atoms with E-state index in [0.29, 0.717) is 0 Å². The van der Waals surface area contributed by atoms with Gasteiger partial charge in [0.15, 0.2) is 0 Å². The normalized spacial score (nSPS) is 9.86. The molecule has 0 aliphatic carbocycles. The third-order valence-corrected chi connectivity index (χ3v) is 3.46. The predicted octanol–water partition coefficient (Wildman–Crippen LogP) is 3.51. The first-order valence-electron chi connectivity index (χ1n) is 4.59. The average molecular weight is 226 g/mol. The Balaban J connectivity index is 2.62. The Kier molecular flexibility index (Phi) is 4.98. The number of hydrogen-bond donors (Lipinski definition) is 0. The molecular formula is C11H14OS2. The number of ether oxygens (including phenoxy) is 1. The van der Waals surface area contributed by atoms with Gasteiger partial charge in [-0.25, -0.2) is 0 Å². The van der Waals surface area contributed by atoms with E-state index in [4.69, 9.17) is 17.0 Å². The summed E-state index contributed by atoms with van der Waals surface area (Å²) < 4.78 is 6.05. The summed E-state index contributed by atoms with van der Waals surface area (Å²) in [6, 6.07) is 7.88. The van der Waals surface area contributed by atoms with Crippen LogP contribution in [0.1, 0.15) is 18.9 Å². The van der Waals surface area contributed by atoms with Crippen molar-refractivity contribution in [3.63, 3.8) is 0 Å². The fourth-order valence-electron chi connectivity index (χ4n) is 1.01. The molecule has 0 aliphatic heterocycles. The highest BCUT2D eigenvalue weighted by Gasteiger charge is 2.01. The van der Waals surface area contributed by atoms with Crippen LogP contribution in [0.2, 0.25) is 0 Å². The third-order valence-electron chi connectivity index (χ3n) is 1.76. The molecule has 3 heteroatoms. The molecule has 1 aromatic carbocycles. The van der Waals surface area contributed by atoms with Crippen molar-refractivity contribution in [3.05, 3.63) is 29.8 Å². The lowest BCUT2D eigenvalue weighted by atomic mass is 10.2. The van der Waals surface area contributed by atoms with E-state index < -0.39 is 0 Å². The summed E-state index contributed by atoms with van der Waals surface area (Å²) in [5.74, 6) is 1.96. The van der Waals surface area contributed by atoms with Crippen LogP contribution in [0.4, 0.5) is 0 Å². The molecule has 0 fully saturated rings.